The molecule has 0 radical (unpaired) electrons. The summed E-state index contributed by atoms with van der Waals surface area (Å²) in [4.78, 5) is 0. The van der Waals surface area contributed by atoms with Gasteiger partial charge in [0.25, 0.3) is 0 Å². The van der Waals surface area contributed by atoms with Crippen molar-refractivity contribution in [3.63, 3.8) is 0 Å². The third-order valence-electron chi connectivity index (χ3n) is 2.37. The number of hydrogen-bond donors (Lipinski definition) is 1. The number of benzene rings is 1. The first-order chi connectivity index (χ1) is 7.22. The molecule has 1 heteroatoms. The van der Waals surface area contributed by atoms with Gasteiger partial charge in [0, 0.05) is 12.2 Å². The predicted octanol–water partition coefficient (Wildman–Crippen LogP) is 4.02. The molecule has 0 saturated heterocycles. The van der Waals surface area contributed by atoms with Gasteiger partial charge < -0.3 is 5.32 Å². The summed E-state index contributed by atoms with van der Waals surface area (Å²) >= 11 is 0. The molecule has 0 amide bonds. The van der Waals surface area contributed by atoms with E-state index in [0.29, 0.717) is 0 Å². The Balaban J connectivity index is 2.39. The van der Waals surface area contributed by atoms with E-state index in [-0.39, 0.29) is 0 Å². The van der Waals surface area contributed by atoms with E-state index in [1.54, 1.807) is 0 Å². The Hall–Kier alpha value is -1.24. The van der Waals surface area contributed by atoms with Gasteiger partial charge in [-0.1, -0.05) is 31.1 Å². The molecule has 0 heterocycles. The number of aryl methyl sites for hydroxylation is 1. The van der Waals surface area contributed by atoms with Gasteiger partial charge in [0.2, 0.25) is 0 Å². The molecule has 1 rings (SSSR count). The third-order valence-corrected chi connectivity index (χ3v) is 2.37. The second-order valence-electron chi connectivity index (χ2n) is 4.08. The first kappa shape index (κ1) is 11.8. The van der Waals surface area contributed by atoms with Gasteiger partial charge in [-0.25, -0.2) is 0 Å². The lowest BCUT2D eigenvalue weighted by Crippen LogP contribution is -2.01. The molecular weight excluding hydrogens is 182 g/mol. The van der Waals surface area contributed by atoms with E-state index in [1.807, 2.05) is 0 Å². The summed E-state index contributed by atoms with van der Waals surface area (Å²) in [6.07, 6.45) is 3.42. The highest BCUT2D eigenvalue weighted by molar-refractivity contribution is 5.44. The van der Waals surface area contributed by atoms with Crippen molar-refractivity contribution in [1.29, 1.82) is 0 Å². The number of rotatable bonds is 6. The largest absolute Gasteiger partial charge is 0.385 e. The third kappa shape index (κ3) is 4.68. The Morgan fingerprint density at radius 3 is 2.47 bits per heavy atom. The Morgan fingerprint density at radius 2 is 1.93 bits per heavy atom. The van der Waals surface area contributed by atoms with Gasteiger partial charge in [0.1, 0.15) is 0 Å². The van der Waals surface area contributed by atoms with Crippen LogP contribution in [0.4, 0.5) is 5.69 Å². The van der Waals surface area contributed by atoms with Crippen LogP contribution in [0.5, 0.6) is 0 Å². The van der Waals surface area contributed by atoms with Crippen molar-refractivity contribution < 1.29 is 0 Å². The topological polar surface area (TPSA) is 12.0 Å². The maximum atomic E-state index is 3.88. The maximum absolute atomic E-state index is 3.88. The van der Waals surface area contributed by atoms with E-state index in [2.05, 4.69) is 50.0 Å². The zero-order valence-electron chi connectivity index (χ0n) is 9.84. The quantitative estimate of drug-likeness (QED) is 0.689. The highest BCUT2D eigenvalue weighted by Gasteiger charge is 1.93. The van der Waals surface area contributed by atoms with Gasteiger partial charge in [0.05, 0.1) is 0 Å². The van der Waals surface area contributed by atoms with Crippen LogP contribution in [0.3, 0.4) is 0 Å². The lowest BCUT2D eigenvalue weighted by atomic mass is 10.1. The molecule has 0 aliphatic carbocycles. The van der Waals surface area contributed by atoms with E-state index in [4.69, 9.17) is 0 Å². The van der Waals surface area contributed by atoms with Gasteiger partial charge in [0.15, 0.2) is 0 Å². The molecule has 0 spiro atoms. The van der Waals surface area contributed by atoms with Gasteiger partial charge in [-0.3, -0.25) is 0 Å². The smallest absolute Gasteiger partial charge is 0.0340 e. The normalized spacial score (nSPS) is 10.0. The van der Waals surface area contributed by atoms with Crippen LogP contribution in [-0.2, 0) is 6.42 Å². The molecule has 1 nitrogen and oxygen atoms in total. The first-order valence-corrected chi connectivity index (χ1v) is 5.69. The lowest BCUT2D eigenvalue weighted by molar-refractivity contribution is 0.921. The van der Waals surface area contributed by atoms with Crippen molar-refractivity contribution in [3.05, 3.63) is 42.0 Å². The van der Waals surface area contributed by atoms with E-state index in [9.17, 15) is 0 Å². The minimum Gasteiger partial charge on any atom is -0.385 e. The van der Waals surface area contributed by atoms with Crippen LogP contribution in [0.15, 0.2) is 36.4 Å². The second kappa shape index (κ2) is 6.28. The summed E-state index contributed by atoms with van der Waals surface area (Å²) in [6, 6.07) is 8.71. The molecule has 0 atom stereocenters. The Labute approximate surface area is 93.2 Å². The van der Waals surface area contributed by atoms with Crippen LogP contribution in [-0.4, -0.2) is 6.54 Å². The monoisotopic (exact) mass is 203 g/mol. The fourth-order valence-corrected chi connectivity index (χ4v) is 1.50. The Morgan fingerprint density at radius 1 is 1.27 bits per heavy atom. The van der Waals surface area contributed by atoms with Crippen molar-refractivity contribution in [3.8, 4) is 0 Å². The van der Waals surface area contributed by atoms with Crippen LogP contribution in [0.25, 0.3) is 0 Å². The summed E-state index contributed by atoms with van der Waals surface area (Å²) in [5.74, 6) is 0. The minimum absolute atomic E-state index is 0.975. The summed E-state index contributed by atoms with van der Waals surface area (Å²) < 4.78 is 0. The molecular formula is C14H21N. The summed E-state index contributed by atoms with van der Waals surface area (Å²) in [7, 11) is 0. The average molecular weight is 203 g/mol. The van der Waals surface area contributed by atoms with Crippen molar-refractivity contribution in [2.45, 2.75) is 33.1 Å². The molecule has 1 N–H and O–H groups in total. The molecule has 0 aliphatic rings. The summed E-state index contributed by atoms with van der Waals surface area (Å²) in [5, 5.41) is 3.38. The van der Waals surface area contributed by atoms with E-state index in [0.717, 1.165) is 13.0 Å². The molecule has 82 valence electrons. The van der Waals surface area contributed by atoms with E-state index >= 15 is 0 Å². The average Bonchev–Trinajstić information content (AvgIpc) is 2.20. The Bertz CT molecular complexity index is 298. The van der Waals surface area contributed by atoms with Crippen LogP contribution in [0.2, 0.25) is 0 Å². The highest BCUT2D eigenvalue weighted by atomic mass is 14.9. The van der Waals surface area contributed by atoms with Crippen molar-refractivity contribution in [1.82, 2.24) is 0 Å². The zero-order valence-corrected chi connectivity index (χ0v) is 9.84. The molecule has 0 bridgehead atoms. The molecule has 0 unspecified atom stereocenters. The summed E-state index contributed by atoms with van der Waals surface area (Å²) in [6.45, 7) is 9.13. The standard InChI is InChI=1S/C14H21N/c1-4-5-13-6-8-14(9-7-13)15-11-10-12(2)3/h6-9,15H,2,4-5,10-11H2,1,3H3. The van der Waals surface area contributed by atoms with Crippen LogP contribution in [0, 0.1) is 0 Å². The maximum Gasteiger partial charge on any atom is 0.0340 e. The van der Waals surface area contributed by atoms with Crippen LogP contribution < -0.4 is 5.32 Å². The second-order valence-corrected chi connectivity index (χ2v) is 4.08. The molecule has 0 fully saturated rings. The number of anilines is 1. The minimum atomic E-state index is 0.975. The number of nitrogens with one attached hydrogen (secondary N) is 1. The van der Waals surface area contributed by atoms with Crippen molar-refractivity contribution in [2.24, 2.45) is 0 Å². The van der Waals surface area contributed by atoms with Crippen molar-refractivity contribution in [2.75, 3.05) is 11.9 Å². The highest BCUT2D eigenvalue weighted by Crippen LogP contribution is 2.11. The van der Waals surface area contributed by atoms with E-state index < -0.39 is 0 Å². The van der Waals surface area contributed by atoms with Crippen LogP contribution in [0.1, 0.15) is 32.3 Å². The SMILES string of the molecule is C=C(C)CCNc1ccc(CCC)cc1. The van der Waals surface area contributed by atoms with E-state index in [1.165, 1.54) is 29.7 Å². The van der Waals surface area contributed by atoms with Gasteiger partial charge in [-0.05, 0) is 37.5 Å². The van der Waals surface area contributed by atoms with Crippen molar-refractivity contribution >= 4 is 5.69 Å². The van der Waals surface area contributed by atoms with Gasteiger partial charge >= 0.3 is 0 Å². The Kier molecular flexibility index (Phi) is 4.96. The predicted molar refractivity (Wildman–Crippen MR) is 68.4 cm³/mol. The molecule has 1 aromatic rings. The first-order valence-electron chi connectivity index (χ1n) is 5.69. The summed E-state index contributed by atoms with van der Waals surface area (Å²) in [5.41, 5.74) is 3.85. The fourth-order valence-electron chi connectivity index (χ4n) is 1.50. The lowest BCUT2D eigenvalue weighted by Gasteiger charge is -2.07. The molecule has 0 saturated carbocycles. The van der Waals surface area contributed by atoms with Crippen LogP contribution >= 0.6 is 0 Å². The molecule has 15 heavy (non-hydrogen) atoms. The molecule has 0 aliphatic heterocycles. The molecule has 1 aromatic carbocycles. The number of hydrogen-bond acceptors (Lipinski definition) is 1. The fraction of sp³-hybridized carbons (Fsp3) is 0.429. The van der Waals surface area contributed by atoms with Gasteiger partial charge in [-0.2, -0.15) is 0 Å². The molecule has 0 aromatic heterocycles. The van der Waals surface area contributed by atoms with Gasteiger partial charge in [-0.15, -0.1) is 6.58 Å². The zero-order chi connectivity index (χ0) is 11.1.